The lowest BCUT2D eigenvalue weighted by atomic mass is 10.0. The molecule has 484 valence electrons. The van der Waals surface area contributed by atoms with Crippen LogP contribution in [0.15, 0.2) is 134 Å². The zero-order valence-electron chi connectivity index (χ0n) is 55.2. The summed E-state index contributed by atoms with van der Waals surface area (Å²) in [6.45, 7) is 4.74. The van der Waals surface area contributed by atoms with Gasteiger partial charge >= 0.3 is 17.9 Å². The number of quaternary nitrogens is 1. The standard InChI is InChI=1S/C76H127NO8/c1-6-8-10-12-14-16-18-20-22-24-26-28-29-30-31-32-33-34-35-36-37-38-39-40-41-42-43-44-45-47-49-51-53-55-57-59-61-63-65-67-74(79)85-72(71-84-76(75(80)81)82-69-68-77(3,4)5)70-83-73(78)66-64-62-60-58-56-54-52-50-48-46-27-25-23-21-19-17-15-13-11-9-7-2/h8,10,14,16,19-22,25-28,30-31,33-34,36-37,39-40,48,50,72,76H,6-7,9,11-13,15,17-18,23-24,29,32,35,38,41-47,49,51-71H2,1-5H3/p+1/b10-8-,16-14-,21-19-,22-20-,27-25-,28-26-,31-30-,34-33-,37-36-,40-39-,50-48-. The number of rotatable bonds is 62. The van der Waals surface area contributed by atoms with Gasteiger partial charge in [0.25, 0.3) is 6.29 Å². The van der Waals surface area contributed by atoms with Crippen LogP contribution >= 0.6 is 0 Å². The van der Waals surface area contributed by atoms with Crippen LogP contribution in [0.2, 0.25) is 0 Å². The Bertz CT molecular complexity index is 1860. The third-order valence-corrected chi connectivity index (χ3v) is 14.4. The molecule has 0 radical (unpaired) electrons. The highest BCUT2D eigenvalue weighted by Crippen LogP contribution is 2.16. The van der Waals surface area contributed by atoms with Gasteiger partial charge in [0.1, 0.15) is 13.2 Å². The number of carbonyl (C=O) groups excluding carboxylic acids is 2. The third kappa shape index (κ3) is 66.8. The highest BCUT2D eigenvalue weighted by atomic mass is 16.7. The van der Waals surface area contributed by atoms with Gasteiger partial charge in [0.2, 0.25) is 0 Å². The highest BCUT2D eigenvalue weighted by molar-refractivity contribution is 5.71. The van der Waals surface area contributed by atoms with Gasteiger partial charge in [-0.05, 0) is 116 Å². The maximum Gasteiger partial charge on any atom is 0.361 e. The Morgan fingerprint density at radius 2 is 0.671 bits per heavy atom. The molecule has 85 heavy (non-hydrogen) atoms. The molecular formula is C76H128NO8+. The zero-order valence-corrected chi connectivity index (χ0v) is 55.2. The first-order valence-corrected chi connectivity index (χ1v) is 34.3. The molecule has 0 aromatic carbocycles. The number of unbranched alkanes of at least 4 members (excludes halogenated alkanes) is 25. The van der Waals surface area contributed by atoms with Gasteiger partial charge < -0.3 is 28.5 Å². The predicted molar refractivity (Wildman–Crippen MR) is 364 cm³/mol. The van der Waals surface area contributed by atoms with Crippen LogP contribution in [0.3, 0.4) is 0 Å². The lowest BCUT2D eigenvalue weighted by molar-refractivity contribution is -0.870. The van der Waals surface area contributed by atoms with E-state index in [-0.39, 0.29) is 38.6 Å². The summed E-state index contributed by atoms with van der Waals surface area (Å²) in [7, 11) is 5.97. The van der Waals surface area contributed by atoms with Gasteiger partial charge in [0.05, 0.1) is 34.4 Å². The van der Waals surface area contributed by atoms with Crippen LogP contribution in [0, 0.1) is 0 Å². The molecule has 0 spiro atoms. The molecule has 0 aliphatic rings. The van der Waals surface area contributed by atoms with Crippen molar-refractivity contribution in [3.63, 3.8) is 0 Å². The van der Waals surface area contributed by atoms with E-state index >= 15 is 0 Å². The topological polar surface area (TPSA) is 108 Å². The smallest absolute Gasteiger partial charge is 0.361 e. The number of ether oxygens (including phenoxy) is 4. The summed E-state index contributed by atoms with van der Waals surface area (Å²) >= 11 is 0. The van der Waals surface area contributed by atoms with E-state index in [9.17, 15) is 19.5 Å². The van der Waals surface area contributed by atoms with Gasteiger partial charge in [0, 0.05) is 12.8 Å². The number of carboxylic acids is 1. The van der Waals surface area contributed by atoms with Gasteiger partial charge in [-0.25, -0.2) is 4.79 Å². The van der Waals surface area contributed by atoms with Crippen molar-refractivity contribution in [3.05, 3.63) is 134 Å². The van der Waals surface area contributed by atoms with Gasteiger partial charge in [0.15, 0.2) is 6.10 Å². The quantitative estimate of drug-likeness (QED) is 0.0211. The second-order valence-corrected chi connectivity index (χ2v) is 23.7. The molecule has 9 heteroatoms. The second-order valence-electron chi connectivity index (χ2n) is 23.7. The minimum atomic E-state index is -1.52. The molecule has 0 heterocycles. The normalized spacial score (nSPS) is 13.6. The highest BCUT2D eigenvalue weighted by Gasteiger charge is 2.25. The number of nitrogens with zero attached hydrogens (tertiary/aromatic N) is 1. The first-order valence-electron chi connectivity index (χ1n) is 34.3. The maximum absolute atomic E-state index is 12.9. The molecule has 0 aromatic heterocycles. The molecule has 0 saturated heterocycles. The largest absolute Gasteiger partial charge is 0.477 e. The maximum atomic E-state index is 12.9. The Morgan fingerprint density at radius 3 is 1.00 bits per heavy atom. The summed E-state index contributed by atoms with van der Waals surface area (Å²) in [5.74, 6) is -2.03. The number of hydrogen-bond donors (Lipinski definition) is 1. The van der Waals surface area contributed by atoms with E-state index in [4.69, 9.17) is 18.9 Å². The molecule has 0 aromatic rings. The van der Waals surface area contributed by atoms with E-state index in [1.54, 1.807) is 0 Å². The average molecular weight is 1180 g/mol. The SMILES string of the molecule is CC/C=C\C/C=C\C/C=C\C/C=C\C/C=C\C/C=C\C/C=C\C/C=C\CCCCCCCCCCCCCCCCC(=O)OC(COC(=O)CCCCCCCC/C=C\C/C=C\C/C=C\CCCCCCC)COC(OCC[N+](C)(C)C)C(=O)O. The van der Waals surface area contributed by atoms with Crippen LogP contribution in [0.25, 0.3) is 0 Å². The third-order valence-electron chi connectivity index (χ3n) is 14.4. The fourth-order valence-electron chi connectivity index (χ4n) is 9.15. The predicted octanol–water partition coefficient (Wildman–Crippen LogP) is 21.4. The van der Waals surface area contributed by atoms with E-state index < -0.39 is 24.3 Å². The van der Waals surface area contributed by atoms with Crippen molar-refractivity contribution in [2.75, 3.05) is 47.5 Å². The monoisotopic (exact) mass is 1180 g/mol. The Labute approximate surface area is 522 Å². The summed E-state index contributed by atoms with van der Waals surface area (Å²) in [5, 5.41) is 9.74. The van der Waals surface area contributed by atoms with Crippen molar-refractivity contribution in [2.24, 2.45) is 0 Å². The molecule has 2 atom stereocenters. The fraction of sp³-hybridized carbons (Fsp3) is 0.671. The van der Waals surface area contributed by atoms with Crippen LogP contribution < -0.4 is 0 Å². The van der Waals surface area contributed by atoms with Crippen molar-refractivity contribution in [3.8, 4) is 0 Å². The molecule has 0 rings (SSSR count). The molecule has 1 N–H and O–H groups in total. The summed E-state index contributed by atoms with van der Waals surface area (Å²) in [6, 6.07) is 0. The lowest BCUT2D eigenvalue weighted by Gasteiger charge is -2.25. The van der Waals surface area contributed by atoms with Crippen LogP contribution in [-0.4, -0.2) is 87.4 Å². The first-order chi connectivity index (χ1) is 41.6. The second kappa shape index (κ2) is 65.4. The molecule has 0 bridgehead atoms. The average Bonchev–Trinajstić information content (AvgIpc) is 3.49. The van der Waals surface area contributed by atoms with E-state index in [2.05, 4.69) is 148 Å². The van der Waals surface area contributed by atoms with Crippen molar-refractivity contribution >= 4 is 17.9 Å². The Hall–Kier alpha value is -4.57. The number of esters is 2. The van der Waals surface area contributed by atoms with Crippen molar-refractivity contribution < 1.29 is 42.9 Å². The number of carbonyl (C=O) groups is 3. The Morgan fingerprint density at radius 1 is 0.365 bits per heavy atom. The van der Waals surface area contributed by atoms with Crippen LogP contribution in [0.1, 0.15) is 271 Å². The summed E-state index contributed by atoms with van der Waals surface area (Å²) in [5.41, 5.74) is 0. The Balaban J connectivity index is 4.14. The van der Waals surface area contributed by atoms with Crippen molar-refractivity contribution in [1.29, 1.82) is 0 Å². The fourth-order valence-corrected chi connectivity index (χ4v) is 9.15. The minimum absolute atomic E-state index is 0.180. The van der Waals surface area contributed by atoms with E-state index in [1.165, 1.54) is 122 Å². The molecule has 0 saturated carbocycles. The number of hydrogen-bond acceptors (Lipinski definition) is 7. The van der Waals surface area contributed by atoms with Crippen LogP contribution in [0.5, 0.6) is 0 Å². The molecule has 9 nitrogen and oxygen atoms in total. The summed E-state index contributed by atoms with van der Waals surface area (Å²) < 4.78 is 22.9. The number of carboxylic acid groups (broad SMARTS) is 1. The number of likely N-dealkylation sites (N-methyl/N-ethyl adjacent to an activating group) is 1. The van der Waals surface area contributed by atoms with Crippen LogP contribution in [-0.2, 0) is 33.3 Å². The van der Waals surface area contributed by atoms with Gasteiger partial charge in [-0.2, -0.15) is 0 Å². The van der Waals surface area contributed by atoms with Gasteiger partial charge in [-0.3, -0.25) is 9.59 Å². The lowest BCUT2D eigenvalue weighted by Crippen LogP contribution is -2.40. The summed E-state index contributed by atoms with van der Waals surface area (Å²) in [4.78, 5) is 37.6. The first kappa shape index (κ1) is 80.4. The van der Waals surface area contributed by atoms with E-state index in [1.807, 2.05) is 21.1 Å². The minimum Gasteiger partial charge on any atom is -0.477 e. The van der Waals surface area contributed by atoms with Gasteiger partial charge in [-0.15, -0.1) is 0 Å². The summed E-state index contributed by atoms with van der Waals surface area (Å²) in [6.07, 6.45) is 91.2. The van der Waals surface area contributed by atoms with E-state index in [0.29, 0.717) is 17.4 Å². The number of aliphatic carboxylic acids is 1. The molecule has 0 aliphatic heterocycles. The van der Waals surface area contributed by atoms with Crippen LogP contribution in [0.4, 0.5) is 0 Å². The Kier molecular flexibility index (Phi) is 61.9. The molecule has 2 unspecified atom stereocenters. The van der Waals surface area contributed by atoms with Gasteiger partial charge in [-0.1, -0.05) is 276 Å². The zero-order chi connectivity index (χ0) is 61.9. The van der Waals surface area contributed by atoms with Crippen molar-refractivity contribution in [2.45, 2.75) is 283 Å². The molecule has 0 fully saturated rings. The molecular weight excluding hydrogens is 1050 g/mol. The molecule has 0 amide bonds. The van der Waals surface area contributed by atoms with E-state index in [0.717, 1.165) is 116 Å². The van der Waals surface area contributed by atoms with Crippen molar-refractivity contribution in [1.82, 2.24) is 0 Å². The molecule has 0 aliphatic carbocycles. The number of allylic oxidation sites excluding steroid dienone is 22.